The van der Waals surface area contributed by atoms with Crippen molar-refractivity contribution in [3.05, 3.63) is 29.3 Å². The van der Waals surface area contributed by atoms with E-state index in [1.165, 1.54) is 11.4 Å². The lowest BCUT2D eigenvalue weighted by Crippen LogP contribution is -2.46. The summed E-state index contributed by atoms with van der Waals surface area (Å²) in [5, 5.41) is 0.594. The van der Waals surface area contributed by atoms with Crippen molar-refractivity contribution >= 4 is 27.6 Å². The van der Waals surface area contributed by atoms with Crippen LogP contribution in [0, 0.1) is 11.8 Å². The maximum atomic E-state index is 12.9. The Hall–Kier alpha value is -1.31. The Kier molecular flexibility index (Phi) is 8.57. The van der Waals surface area contributed by atoms with Gasteiger partial charge in [-0.05, 0) is 64.8 Å². The van der Waals surface area contributed by atoms with E-state index in [9.17, 15) is 13.2 Å². The Balaban J connectivity index is 2.87. The molecule has 0 saturated heterocycles. The largest absolute Gasteiger partial charge is 0.486 e. The Labute approximate surface area is 180 Å². The minimum atomic E-state index is -3.71. The monoisotopic (exact) mass is 447 g/mol. The van der Waals surface area contributed by atoms with Gasteiger partial charge in [-0.2, -0.15) is 0 Å². The Morgan fingerprint density at radius 2 is 1.62 bits per heavy atom. The van der Waals surface area contributed by atoms with Crippen molar-refractivity contribution in [1.82, 2.24) is 4.31 Å². The summed E-state index contributed by atoms with van der Waals surface area (Å²) in [5.74, 6) is -1.14. The summed E-state index contributed by atoms with van der Waals surface area (Å²) < 4.78 is 38.5. The van der Waals surface area contributed by atoms with Crippen LogP contribution >= 0.6 is 11.6 Å². The van der Waals surface area contributed by atoms with Crippen molar-refractivity contribution in [3.63, 3.8) is 0 Å². The van der Waals surface area contributed by atoms with Gasteiger partial charge in [0.1, 0.15) is 17.0 Å². The first kappa shape index (κ1) is 25.7. The van der Waals surface area contributed by atoms with E-state index in [0.717, 1.165) is 0 Å². The van der Waals surface area contributed by atoms with Crippen LogP contribution < -0.4 is 4.74 Å². The van der Waals surface area contributed by atoms with E-state index >= 15 is 0 Å². The molecule has 1 rings (SSSR count). The maximum absolute atomic E-state index is 12.9. The molecule has 166 valence electrons. The highest BCUT2D eigenvalue weighted by molar-refractivity contribution is 7.89. The molecule has 1 unspecified atom stereocenters. The molecule has 29 heavy (non-hydrogen) atoms. The maximum Gasteiger partial charge on any atom is 0.310 e. The van der Waals surface area contributed by atoms with Gasteiger partial charge in [0.05, 0.1) is 18.2 Å². The Bertz CT molecular complexity index is 782. The summed E-state index contributed by atoms with van der Waals surface area (Å²) in [5.41, 5.74) is -1.46. The highest BCUT2D eigenvalue weighted by Gasteiger charge is 2.35. The van der Waals surface area contributed by atoms with Crippen LogP contribution in [0.3, 0.4) is 0 Å². The number of likely N-dealkylation sites (N-methyl/N-ethyl adjacent to an activating group) is 1. The normalized spacial score (nSPS) is 14.2. The predicted molar refractivity (Wildman–Crippen MR) is 117 cm³/mol. The van der Waals surface area contributed by atoms with E-state index in [1.54, 1.807) is 58.9 Å². The molecule has 1 aromatic rings. The van der Waals surface area contributed by atoms with Crippen LogP contribution in [0.1, 0.15) is 48.5 Å². The van der Waals surface area contributed by atoms with Gasteiger partial charge in [-0.1, -0.05) is 25.4 Å². The second-order valence-corrected chi connectivity index (χ2v) is 11.8. The van der Waals surface area contributed by atoms with Crippen LogP contribution in [0.2, 0.25) is 5.02 Å². The van der Waals surface area contributed by atoms with Crippen molar-refractivity contribution in [2.45, 2.75) is 59.7 Å². The Morgan fingerprint density at radius 1 is 1.10 bits per heavy atom. The van der Waals surface area contributed by atoms with Crippen molar-refractivity contribution in [2.24, 2.45) is 11.8 Å². The van der Waals surface area contributed by atoms with Crippen LogP contribution in [-0.2, 0) is 19.6 Å². The highest BCUT2D eigenvalue weighted by atomic mass is 35.5. The molecule has 0 amide bonds. The number of ether oxygens (including phenoxy) is 2. The molecule has 0 N–H and O–H groups in total. The van der Waals surface area contributed by atoms with Crippen molar-refractivity contribution in [3.8, 4) is 5.75 Å². The topological polar surface area (TPSA) is 72.9 Å². The third-order valence-electron chi connectivity index (χ3n) is 4.19. The molecule has 0 aliphatic rings. The molecule has 0 saturated carbocycles. The highest BCUT2D eigenvalue weighted by Crippen LogP contribution is 2.24. The van der Waals surface area contributed by atoms with E-state index < -0.39 is 33.1 Å². The van der Waals surface area contributed by atoms with Crippen molar-refractivity contribution in [2.75, 3.05) is 19.3 Å². The molecule has 0 fully saturated rings. The number of sulfonamides is 1. The first-order valence-electron chi connectivity index (χ1n) is 9.64. The first-order valence-corrected chi connectivity index (χ1v) is 11.6. The molecule has 0 aliphatic carbocycles. The lowest BCUT2D eigenvalue weighted by Gasteiger charge is -2.32. The van der Waals surface area contributed by atoms with Gasteiger partial charge in [0.2, 0.25) is 10.0 Å². The summed E-state index contributed by atoms with van der Waals surface area (Å²) in [4.78, 5) is 12.5. The number of benzene rings is 1. The van der Waals surface area contributed by atoms with Gasteiger partial charge >= 0.3 is 5.97 Å². The molecule has 0 bridgehead atoms. The summed E-state index contributed by atoms with van der Waals surface area (Å²) in [7, 11) is -2.21. The number of hydrogen-bond acceptors (Lipinski definition) is 5. The first-order chi connectivity index (χ1) is 13.0. The number of halogens is 1. The zero-order valence-electron chi connectivity index (χ0n) is 18.7. The zero-order valence-corrected chi connectivity index (χ0v) is 20.2. The molecule has 1 aromatic carbocycles. The molecule has 1 atom stereocenters. The summed E-state index contributed by atoms with van der Waals surface area (Å²) in [6.07, 6.45) is 0. The number of nitrogens with zero attached hydrogens (tertiary/aromatic N) is 1. The fourth-order valence-electron chi connectivity index (χ4n) is 2.75. The van der Waals surface area contributed by atoms with E-state index in [0.29, 0.717) is 10.8 Å². The lowest BCUT2D eigenvalue weighted by molar-refractivity contribution is -0.160. The van der Waals surface area contributed by atoms with Crippen LogP contribution in [0.25, 0.3) is 0 Å². The molecule has 6 nitrogen and oxygen atoms in total. The van der Waals surface area contributed by atoms with Gasteiger partial charge in [0.25, 0.3) is 0 Å². The molecule has 0 aromatic heterocycles. The van der Waals surface area contributed by atoms with Crippen molar-refractivity contribution < 1.29 is 22.7 Å². The van der Waals surface area contributed by atoms with Crippen LogP contribution in [-0.4, -0.2) is 49.2 Å². The van der Waals surface area contributed by atoms with Gasteiger partial charge in [-0.3, -0.25) is 4.79 Å². The van der Waals surface area contributed by atoms with E-state index in [2.05, 4.69) is 0 Å². The van der Waals surface area contributed by atoms with Gasteiger partial charge in [-0.15, -0.1) is 0 Å². The van der Waals surface area contributed by atoms with E-state index in [4.69, 9.17) is 21.1 Å². The third kappa shape index (κ3) is 8.93. The van der Waals surface area contributed by atoms with Gasteiger partial charge < -0.3 is 9.47 Å². The number of esters is 1. The smallest absolute Gasteiger partial charge is 0.310 e. The Morgan fingerprint density at radius 3 is 2.07 bits per heavy atom. The zero-order chi connectivity index (χ0) is 22.6. The fourth-order valence-corrected chi connectivity index (χ4v) is 4.62. The molecular formula is C21H34ClNO5S. The second kappa shape index (κ2) is 9.67. The van der Waals surface area contributed by atoms with E-state index in [-0.39, 0.29) is 18.2 Å². The molecular weight excluding hydrogens is 414 g/mol. The number of rotatable bonds is 9. The van der Waals surface area contributed by atoms with Gasteiger partial charge in [0.15, 0.2) is 0 Å². The number of carbonyl (C=O) groups is 1. The lowest BCUT2D eigenvalue weighted by atomic mass is 9.98. The predicted octanol–water partition coefficient (Wildman–Crippen LogP) is 4.37. The van der Waals surface area contributed by atoms with Crippen LogP contribution in [0.5, 0.6) is 5.75 Å². The molecule has 0 spiro atoms. The average molecular weight is 448 g/mol. The quantitative estimate of drug-likeness (QED) is 0.525. The van der Waals surface area contributed by atoms with Crippen LogP contribution in [0.4, 0.5) is 0 Å². The molecule has 8 heteroatoms. The van der Waals surface area contributed by atoms with Gasteiger partial charge in [0, 0.05) is 12.1 Å². The number of hydrogen-bond donors (Lipinski definition) is 0. The minimum absolute atomic E-state index is 0.122. The third-order valence-corrected chi connectivity index (χ3v) is 6.30. The summed E-state index contributed by atoms with van der Waals surface area (Å²) in [6.45, 7) is 12.7. The summed E-state index contributed by atoms with van der Waals surface area (Å²) in [6, 6.07) is 6.88. The number of carbonyl (C=O) groups excluding carboxylic acids is 1. The summed E-state index contributed by atoms with van der Waals surface area (Å²) >= 11 is 5.89. The standard InChI is InChI=1S/C21H34ClNO5S/c1-15(2)18(19(24)28-20(3,4)5)13-29(25,26)23(8)14-21(6,7)27-17-11-9-16(22)10-12-17/h9-12,15,18H,13-14H2,1-8H3. The average Bonchev–Trinajstić information content (AvgIpc) is 2.52. The SMILES string of the molecule is CC(C)C(CS(=O)(=O)N(C)CC(C)(C)Oc1ccc(Cl)cc1)C(=O)OC(C)(C)C. The molecule has 0 aliphatic heterocycles. The minimum Gasteiger partial charge on any atom is -0.486 e. The second-order valence-electron chi connectivity index (χ2n) is 9.23. The van der Waals surface area contributed by atoms with Crippen molar-refractivity contribution in [1.29, 1.82) is 0 Å². The molecule has 0 radical (unpaired) electrons. The molecule has 0 heterocycles. The van der Waals surface area contributed by atoms with Crippen LogP contribution in [0.15, 0.2) is 24.3 Å². The fraction of sp³-hybridized carbons (Fsp3) is 0.667. The van der Waals surface area contributed by atoms with Gasteiger partial charge in [-0.25, -0.2) is 12.7 Å². The van der Waals surface area contributed by atoms with E-state index in [1.807, 2.05) is 13.8 Å².